The van der Waals surface area contributed by atoms with Crippen LogP contribution in [0.15, 0.2) is 71.0 Å². The molecule has 2 atom stereocenters. The maximum Gasteiger partial charge on any atom is 0.164 e. The molecule has 2 aromatic heterocycles. The molecule has 0 bridgehead atoms. The molecule has 0 fully saturated rings. The molecule has 1 radical (unpaired) electrons. The van der Waals surface area contributed by atoms with E-state index in [1.54, 1.807) is 0 Å². The number of ether oxygens (including phenoxy) is 1. The average Bonchev–Trinajstić information content (AvgIpc) is 3.66. The van der Waals surface area contributed by atoms with Crippen molar-refractivity contribution in [2.75, 3.05) is 0 Å². The molecule has 0 saturated carbocycles. The predicted octanol–water partition coefficient (Wildman–Crippen LogP) is 13.5. The van der Waals surface area contributed by atoms with E-state index in [0.717, 1.165) is 76.4 Å². The molecule has 1 aliphatic heterocycles. The normalized spacial score (nSPS) is 16.4. The van der Waals surface area contributed by atoms with Crippen LogP contribution in [0.1, 0.15) is 132 Å². The van der Waals surface area contributed by atoms with Gasteiger partial charge >= 0.3 is 0 Å². The minimum Gasteiger partial charge on any atom is -0.512 e. The number of furan rings is 1. The fourth-order valence-corrected chi connectivity index (χ4v) is 7.31. The molecular formula is C47H60IrNO4-. The molecule has 0 spiro atoms. The quantitative estimate of drug-likeness (QED) is 0.0859. The van der Waals surface area contributed by atoms with Gasteiger partial charge in [-0.25, -0.2) is 0 Å². The number of fused-ring (bicyclic) bond motifs is 6. The number of rotatable bonds is 10. The van der Waals surface area contributed by atoms with Crippen molar-refractivity contribution in [3.8, 4) is 17.0 Å². The Bertz CT molecular complexity index is 2090. The minimum atomic E-state index is -0.337. The second kappa shape index (κ2) is 16.5. The van der Waals surface area contributed by atoms with Gasteiger partial charge in [0, 0.05) is 65.8 Å². The van der Waals surface area contributed by atoms with Crippen LogP contribution in [0.2, 0.25) is 0 Å². The Morgan fingerprint density at radius 2 is 1.53 bits per heavy atom. The van der Waals surface area contributed by atoms with E-state index in [0.29, 0.717) is 11.8 Å². The van der Waals surface area contributed by atoms with Crippen molar-refractivity contribution < 1.29 is 39.2 Å². The number of carbonyl (C=O) groups is 1. The van der Waals surface area contributed by atoms with Crippen molar-refractivity contribution in [3.05, 3.63) is 83.8 Å². The van der Waals surface area contributed by atoms with Crippen LogP contribution in [0.25, 0.3) is 44.0 Å². The van der Waals surface area contributed by atoms with Crippen LogP contribution < -0.4 is 4.74 Å². The van der Waals surface area contributed by atoms with Crippen molar-refractivity contribution in [3.63, 3.8) is 0 Å². The van der Waals surface area contributed by atoms with Gasteiger partial charge in [0.15, 0.2) is 5.78 Å². The Labute approximate surface area is 331 Å². The fourth-order valence-electron chi connectivity index (χ4n) is 7.31. The van der Waals surface area contributed by atoms with E-state index in [1.165, 1.54) is 22.6 Å². The van der Waals surface area contributed by atoms with Crippen LogP contribution in [-0.2, 0) is 30.3 Å². The summed E-state index contributed by atoms with van der Waals surface area (Å²) in [5.74, 6) is 2.18. The summed E-state index contributed by atoms with van der Waals surface area (Å²) in [6.07, 6.45) is 7.81. The van der Waals surface area contributed by atoms with Gasteiger partial charge in [0.25, 0.3) is 0 Å². The molecule has 3 heterocycles. The van der Waals surface area contributed by atoms with E-state index in [-0.39, 0.29) is 54.0 Å². The van der Waals surface area contributed by atoms with Gasteiger partial charge in [-0.3, -0.25) is 9.78 Å². The summed E-state index contributed by atoms with van der Waals surface area (Å²) < 4.78 is 13.0. The molecule has 5 aromatic rings. The smallest absolute Gasteiger partial charge is 0.164 e. The van der Waals surface area contributed by atoms with Crippen molar-refractivity contribution >= 4 is 38.5 Å². The molecule has 0 amide bonds. The molecule has 6 rings (SSSR count). The zero-order chi connectivity index (χ0) is 38.2. The Hall–Kier alpha value is -3.47. The summed E-state index contributed by atoms with van der Waals surface area (Å²) in [5.41, 5.74) is 5.51. The van der Waals surface area contributed by atoms with Crippen LogP contribution in [0.4, 0.5) is 0 Å². The molecule has 53 heavy (non-hydrogen) atoms. The average molecular weight is 895 g/mol. The SMILES string of the molecule is CC(C)CC1Oc2c(ccc3oc4ccnc(-c5[c-]c6ccccc6c(C(C)(C)C)c5)c4c23)C1C.CCC(C)(CC)C(=O)/C=C(\O)C(C)(CC)CC.[Ir]. The van der Waals surface area contributed by atoms with Crippen LogP contribution in [-0.4, -0.2) is 22.0 Å². The van der Waals surface area contributed by atoms with E-state index in [1.807, 2.05) is 53.8 Å². The van der Waals surface area contributed by atoms with E-state index < -0.39 is 0 Å². The number of carbonyl (C=O) groups excluding carboxylic acids is 1. The Balaban J connectivity index is 0.000000299. The summed E-state index contributed by atoms with van der Waals surface area (Å²) in [7, 11) is 0. The van der Waals surface area contributed by atoms with Crippen molar-refractivity contribution in [1.82, 2.24) is 4.98 Å². The fraction of sp³-hybridized carbons (Fsp3) is 0.489. The van der Waals surface area contributed by atoms with Crippen LogP contribution >= 0.6 is 0 Å². The first-order valence-electron chi connectivity index (χ1n) is 19.4. The summed E-state index contributed by atoms with van der Waals surface area (Å²) in [4.78, 5) is 17.1. The summed E-state index contributed by atoms with van der Waals surface area (Å²) in [6.45, 7) is 25.7. The van der Waals surface area contributed by atoms with Gasteiger partial charge in [-0.05, 0) is 55.6 Å². The molecule has 3 aromatic carbocycles. The number of nitrogens with zero attached hydrogens (tertiary/aromatic N) is 1. The third kappa shape index (κ3) is 8.30. The zero-order valence-electron chi connectivity index (χ0n) is 34.0. The maximum absolute atomic E-state index is 12.2. The molecule has 5 nitrogen and oxygen atoms in total. The monoisotopic (exact) mass is 895 g/mol. The molecule has 0 saturated heterocycles. The molecular weight excluding hydrogens is 835 g/mol. The standard InChI is InChI=1S/C32H32NO2.C15H28O2.Ir/c1-18(2)15-27-19(3)22-11-12-25-29(31(22)35-27)28-26(34-25)13-14-33-30(28)21-16-20-9-7-8-10-23(20)24(17-21)32(4,5)6;1-7-14(5,8-2)12(16)11-13(17)15(6,9-3)10-4;/h7-14,17-19,27H,15H2,1-6H3;11,16H,7-10H2,1-6H3;/q-1;;/b;12-11-;. The van der Waals surface area contributed by atoms with Gasteiger partial charge in [0.2, 0.25) is 0 Å². The van der Waals surface area contributed by atoms with E-state index >= 15 is 0 Å². The van der Waals surface area contributed by atoms with E-state index in [2.05, 4.69) is 90.1 Å². The number of allylic oxidation sites excluding steroid dienone is 2. The Morgan fingerprint density at radius 3 is 2.13 bits per heavy atom. The Morgan fingerprint density at radius 1 is 0.906 bits per heavy atom. The largest absolute Gasteiger partial charge is 0.512 e. The predicted molar refractivity (Wildman–Crippen MR) is 217 cm³/mol. The second-order valence-corrected chi connectivity index (χ2v) is 16.9. The third-order valence-electron chi connectivity index (χ3n) is 12.0. The topological polar surface area (TPSA) is 72.6 Å². The number of aliphatic hydroxyl groups excluding tert-OH is 1. The van der Waals surface area contributed by atoms with E-state index in [4.69, 9.17) is 14.1 Å². The van der Waals surface area contributed by atoms with Gasteiger partial charge in [-0.2, -0.15) is 0 Å². The number of pyridine rings is 1. The molecule has 1 aliphatic rings. The first-order valence-corrected chi connectivity index (χ1v) is 19.4. The molecule has 287 valence electrons. The van der Waals surface area contributed by atoms with Gasteiger partial charge in [0.05, 0.1) is 5.39 Å². The zero-order valence-corrected chi connectivity index (χ0v) is 36.4. The number of aliphatic hydroxyl groups is 1. The van der Waals surface area contributed by atoms with Crippen molar-refractivity contribution in [1.29, 1.82) is 0 Å². The first kappa shape index (κ1) is 42.3. The molecule has 0 aliphatic carbocycles. The van der Waals surface area contributed by atoms with Crippen molar-refractivity contribution in [2.45, 2.75) is 133 Å². The van der Waals surface area contributed by atoms with Crippen LogP contribution in [0.3, 0.4) is 0 Å². The summed E-state index contributed by atoms with van der Waals surface area (Å²) in [5, 5.41) is 14.5. The van der Waals surface area contributed by atoms with Gasteiger partial charge in [-0.1, -0.05) is 118 Å². The maximum atomic E-state index is 12.2. The minimum absolute atomic E-state index is 0. The second-order valence-electron chi connectivity index (χ2n) is 16.9. The molecule has 2 unspecified atom stereocenters. The van der Waals surface area contributed by atoms with Crippen molar-refractivity contribution in [2.24, 2.45) is 16.7 Å². The summed E-state index contributed by atoms with van der Waals surface area (Å²) in [6, 6.07) is 20.7. The molecule has 6 heteroatoms. The number of benzene rings is 3. The third-order valence-corrected chi connectivity index (χ3v) is 12.0. The number of aromatic nitrogens is 1. The van der Waals surface area contributed by atoms with Crippen LogP contribution in [0.5, 0.6) is 5.75 Å². The Kier molecular flexibility index (Phi) is 13.2. The van der Waals surface area contributed by atoms with Gasteiger partial charge in [-0.15, -0.1) is 29.1 Å². The van der Waals surface area contributed by atoms with Gasteiger partial charge < -0.3 is 14.3 Å². The number of hydrogen-bond acceptors (Lipinski definition) is 5. The number of hydrogen-bond donors (Lipinski definition) is 1. The van der Waals surface area contributed by atoms with Crippen LogP contribution in [0, 0.1) is 22.8 Å². The first-order chi connectivity index (χ1) is 24.5. The summed E-state index contributed by atoms with van der Waals surface area (Å²) >= 11 is 0. The number of ketones is 1. The molecule has 1 N–H and O–H groups in total. The van der Waals surface area contributed by atoms with E-state index in [9.17, 15) is 9.90 Å². The van der Waals surface area contributed by atoms with Gasteiger partial charge in [0.1, 0.15) is 28.8 Å².